The number of rotatable bonds is 9. The van der Waals surface area contributed by atoms with Gasteiger partial charge in [-0.3, -0.25) is 0 Å². The van der Waals surface area contributed by atoms with Gasteiger partial charge in [0.15, 0.2) is 0 Å². The van der Waals surface area contributed by atoms with E-state index >= 15 is 0 Å². The minimum absolute atomic E-state index is 0.157. The number of anilines is 3. The topological polar surface area (TPSA) is 74.8 Å². The van der Waals surface area contributed by atoms with Gasteiger partial charge in [0, 0.05) is 19.6 Å². The fraction of sp³-hybridized carbons (Fsp3) is 0.591. The van der Waals surface area contributed by atoms with Crippen LogP contribution in [0.3, 0.4) is 0 Å². The molecule has 3 N–H and O–H groups in total. The normalized spacial score (nSPS) is 13.2. The highest BCUT2D eigenvalue weighted by molar-refractivity contribution is 7.79. The highest BCUT2D eigenvalue weighted by atomic mass is 31.1. The maximum Gasteiger partial charge on any atom is 0.229 e. The number of hydrogen-bond donors (Lipinski definition) is 3. The van der Waals surface area contributed by atoms with Crippen molar-refractivity contribution < 1.29 is 0 Å². The summed E-state index contributed by atoms with van der Waals surface area (Å²) in [5.41, 5.74) is 10.1. The van der Waals surface area contributed by atoms with Gasteiger partial charge in [0.2, 0.25) is 17.8 Å². The van der Waals surface area contributed by atoms with Crippen LogP contribution < -0.4 is 31.9 Å². The number of hydrogen-bond acceptors (Lipinski definition) is 6. The molecule has 1 heterocycles. The minimum atomic E-state index is -0.591. The van der Waals surface area contributed by atoms with Crippen LogP contribution in [-0.2, 0) is 32.5 Å². The molecule has 0 aliphatic heterocycles. The van der Waals surface area contributed by atoms with Crippen LogP contribution in [-0.4, -0.2) is 34.6 Å². The smallest absolute Gasteiger partial charge is 0.229 e. The molecular formula is C66H105N6P. The summed E-state index contributed by atoms with van der Waals surface area (Å²) < 4.78 is 0. The fourth-order valence-electron chi connectivity index (χ4n) is 7.35. The maximum atomic E-state index is 4.50. The molecule has 0 bridgehead atoms. The van der Waals surface area contributed by atoms with Gasteiger partial charge in [-0.2, -0.15) is 15.0 Å². The summed E-state index contributed by atoms with van der Waals surface area (Å²) >= 11 is 0. The Morgan fingerprint density at radius 1 is 0.274 bits per heavy atom. The third-order valence-electron chi connectivity index (χ3n) is 12.5. The SMILES string of the molecule is CC(C)(C)CNc1nc(NCC(C)(C)C)nc(NCC(C)(C)C)n1.CC(C)(C)c1cc(C(C)(C)C)cc(C(C)(C)C)c1.CC(C)(C)c1ccc(P(c2ccc(C(C)(C)C)cc2)c2ccc(C(C)(C)C)cc2)cc1. The molecule has 0 saturated carbocycles. The molecule has 0 unspecified atom stereocenters. The van der Waals surface area contributed by atoms with Gasteiger partial charge in [-0.15, -0.1) is 0 Å². The molecule has 0 spiro atoms. The van der Waals surface area contributed by atoms with Gasteiger partial charge in [-0.05, 0) is 106 Å². The molecule has 5 rings (SSSR count). The molecule has 1 aromatic heterocycles. The average molecular weight is 1010 g/mol. The van der Waals surface area contributed by atoms with E-state index in [1.165, 1.54) is 49.3 Å². The van der Waals surface area contributed by atoms with Crippen molar-refractivity contribution in [3.63, 3.8) is 0 Å². The zero-order valence-corrected chi connectivity index (χ0v) is 52.5. The predicted molar refractivity (Wildman–Crippen MR) is 327 cm³/mol. The zero-order valence-electron chi connectivity index (χ0n) is 51.6. The lowest BCUT2D eigenvalue weighted by Crippen LogP contribution is -2.24. The van der Waals surface area contributed by atoms with E-state index in [1.54, 1.807) is 0 Å². The third-order valence-corrected chi connectivity index (χ3v) is 14.9. The van der Waals surface area contributed by atoms with Crippen LogP contribution in [0.2, 0.25) is 0 Å². The fourth-order valence-corrected chi connectivity index (χ4v) is 9.59. The van der Waals surface area contributed by atoms with E-state index in [4.69, 9.17) is 0 Å². The van der Waals surface area contributed by atoms with E-state index < -0.39 is 7.92 Å². The second kappa shape index (κ2) is 23.7. The van der Waals surface area contributed by atoms with Crippen molar-refractivity contribution in [1.82, 2.24) is 15.0 Å². The van der Waals surface area contributed by atoms with E-state index in [0.29, 0.717) is 17.8 Å². The second-order valence-electron chi connectivity index (χ2n) is 30.3. The zero-order chi connectivity index (χ0) is 56.0. The van der Waals surface area contributed by atoms with Crippen LogP contribution in [0.5, 0.6) is 0 Å². The van der Waals surface area contributed by atoms with Gasteiger partial charge >= 0.3 is 0 Å². The Balaban J connectivity index is 0.000000301. The Morgan fingerprint density at radius 3 is 0.603 bits per heavy atom. The molecule has 0 aliphatic carbocycles. The van der Waals surface area contributed by atoms with E-state index in [9.17, 15) is 0 Å². The Labute approximate surface area is 450 Å². The van der Waals surface area contributed by atoms with Crippen LogP contribution in [0.4, 0.5) is 17.8 Å². The molecule has 4 aromatic carbocycles. The van der Waals surface area contributed by atoms with E-state index in [-0.39, 0.29) is 48.7 Å². The van der Waals surface area contributed by atoms with Crippen LogP contribution in [0, 0.1) is 16.2 Å². The average Bonchev–Trinajstić information content (AvgIpc) is 3.23. The van der Waals surface area contributed by atoms with Gasteiger partial charge in [-0.25, -0.2) is 0 Å². The van der Waals surface area contributed by atoms with Gasteiger partial charge in [0.1, 0.15) is 0 Å². The largest absolute Gasteiger partial charge is 0.353 e. The summed E-state index contributed by atoms with van der Waals surface area (Å²) in [7, 11) is -0.591. The summed E-state index contributed by atoms with van der Waals surface area (Å²) in [5.74, 6) is 1.81. The molecule has 0 radical (unpaired) electrons. The van der Waals surface area contributed by atoms with E-state index in [2.05, 4.69) is 309 Å². The van der Waals surface area contributed by atoms with Crippen LogP contribution >= 0.6 is 7.92 Å². The van der Waals surface area contributed by atoms with Gasteiger partial charge < -0.3 is 16.0 Å². The minimum Gasteiger partial charge on any atom is -0.353 e. The lowest BCUT2D eigenvalue weighted by Gasteiger charge is -2.29. The number of aromatic nitrogens is 3. The first-order valence-electron chi connectivity index (χ1n) is 27.1. The first kappa shape index (κ1) is 63.0. The molecular weight excluding hydrogens is 908 g/mol. The standard InChI is InChI=1S/C30H39P.C18H36N6.C18H30/c1-28(2,3)22-10-16-25(17-11-22)31(26-18-12-23(13-19-26)29(4,5)6)27-20-14-24(15-21-27)30(7,8)9;1-16(2,3)10-19-13-22-14(20-11-17(4,5)6)24-15(23-13)21-12-18(7,8)9;1-16(2,3)13-10-14(17(4,5)6)12-15(11-13)18(7,8)9/h10-21H,1-9H3;10-12H2,1-9H3,(H3,19,20,21,22,23,24);10-12H,1-9H3. The summed E-state index contributed by atoms with van der Waals surface area (Å²) in [5, 5.41) is 14.2. The van der Waals surface area contributed by atoms with Crippen molar-refractivity contribution in [3.8, 4) is 0 Å². The van der Waals surface area contributed by atoms with Gasteiger partial charge in [-0.1, -0.05) is 278 Å². The monoisotopic (exact) mass is 1010 g/mol. The van der Waals surface area contributed by atoms with Crippen molar-refractivity contribution in [3.05, 3.63) is 124 Å². The Hall–Kier alpha value is -4.28. The van der Waals surface area contributed by atoms with Crippen molar-refractivity contribution >= 4 is 41.7 Å². The highest BCUT2D eigenvalue weighted by Crippen LogP contribution is 2.37. The molecule has 7 heteroatoms. The number of nitrogens with one attached hydrogen (secondary N) is 3. The molecule has 0 atom stereocenters. The van der Waals surface area contributed by atoms with Crippen molar-refractivity contribution in [2.75, 3.05) is 35.6 Å². The lowest BCUT2D eigenvalue weighted by molar-refractivity contribution is 0.439. The van der Waals surface area contributed by atoms with Crippen molar-refractivity contribution in [2.45, 2.75) is 219 Å². The molecule has 404 valence electrons. The highest BCUT2D eigenvalue weighted by Gasteiger charge is 2.25. The lowest BCUT2D eigenvalue weighted by atomic mass is 9.76. The molecule has 5 aromatic rings. The molecule has 0 amide bonds. The van der Waals surface area contributed by atoms with Crippen molar-refractivity contribution in [1.29, 1.82) is 0 Å². The predicted octanol–water partition coefficient (Wildman–Crippen LogP) is 17.2. The van der Waals surface area contributed by atoms with E-state index in [0.717, 1.165) is 19.6 Å². The van der Waals surface area contributed by atoms with Crippen LogP contribution in [0.1, 0.15) is 220 Å². The summed E-state index contributed by atoms with van der Waals surface area (Å²) in [6, 6.07) is 35.1. The second-order valence-corrected chi connectivity index (χ2v) is 32.5. The van der Waals surface area contributed by atoms with E-state index in [1.807, 2.05) is 0 Å². The Kier molecular flexibility index (Phi) is 20.5. The summed E-state index contributed by atoms with van der Waals surface area (Å²) in [6.45, 7) is 63.2. The molecule has 0 aliphatic rings. The molecule has 0 saturated heterocycles. The third kappa shape index (κ3) is 21.8. The number of nitrogens with zero attached hydrogens (tertiary/aromatic N) is 3. The Morgan fingerprint density at radius 2 is 0.452 bits per heavy atom. The number of benzene rings is 4. The van der Waals surface area contributed by atoms with Gasteiger partial charge in [0.05, 0.1) is 0 Å². The summed E-state index contributed by atoms with van der Waals surface area (Å²) in [6.07, 6.45) is 0. The molecule has 6 nitrogen and oxygen atoms in total. The first-order valence-corrected chi connectivity index (χ1v) is 28.4. The Bertz CT molecular complexity index is 2170. The molecule has 0 fully saturated rings. The first-order chi connectivity index (χ1) is 32.8. The summed E-state index contributed by atoms with van der Waals surface area (Å²) in [4.78, 5) is 13.5. The quantitative estimate of drug-likeness (QED) is 0.128. The molecule has 73 heavy (non-hydrogen) atoms. The van der Waals surface area contributed by atoms with Crippen LogP contribution in [0.25, 0.3) is 0 Å². The van der Waals surface area contributed by atoms with Crippen molar-refractivity contribution in [2.24, 2.45) is 16.2 Å². The van der Waals surface area contributed by atoms with Crippen LogP contribution in [0.15, 0.2) is 91.0 Å². The maximum absolute atomic E-state index is 4.50. The van der Waals surface area contributed by atoms with Gasteiger partial charge in [0.25, 0.3) is 0 Å².